The van der Waals surface area contributed by atoms with E-state index in [-0.39, 0.29) is 11.1 Å². The summed E-state index contributed by atoms with van der Waals surface area (Å²) in [5.74, 6) is -4.48. The highest BCUT2D eigenvalue weighted by atomic mass is 19.3. The van der Waals surface area contributed by atoms with Crippen molar-refractivity contribution in [3.8, 4) is 16.9 Å². The number of hydrogen-bond donors (Lipinski definition) is 0. The molecule has 6 heteroatoms. The third-order valence-electron chi connectivity index (χ3n) is 6.08. The van der Waals surface area contributed by atoms with Gasteiger partial charge in [-0.2, -0.15) is 8.78 Å². The van der Waals surface area contributed by atoms with Crippen molar-refractivity contribution >= 4 is 10.8 Å². The lowest BCUT2D eigenvalue weighted by Crippen LogP contribution is -2.06. The molecule has 0 aromatic heterocycles. The maximum atomic E-state index is 15.2. The molecule has 4 aromatic carbocycles. The molecule has 4 aromatic rings. The first-order chi connectivity index (χ1) is 16.9. The first-order valence-corrected chi connectivity index (χ1v) is 11.6. The summed E-state index contributed by atoms with van der Waals surface area (Å²) in [7, 11) is 0. The molecule has 0 spiro atoms. The van der Waals surface area contributed by atoms with Gasteiger partial charge < -0.3 is 4.74 Å². The molecule has 0 radical (unpaired) electrons. The van der Waals surface area contributed by atoms with E-state index >= 15 is 4.39 Å². The van der Waals surface area contributed by atoms with E-state index in [1.54, 1.807) is 12.1 Å². The van der Waals surface area contributed by atoms with Crippen molar-refractivity contribution in [3.63, 3.8) is 0 Å². The van der Waals surface area contributed by atoms with E-state index in [1.165, 1.54) is 30.0 Å². The van der Waals surface area contributed by atoms with E-state index in [0.29, 0.717) is 10.8 Å². The minimum Gasteiger partial charge on any atom is -0.429 e. The molecule has 35 heavy (non-hydrogen) atoms. The molecular formula is C29H25F5O. The van der Waals surface area contributed by atoms with E-state index in [0.717, 1.165) is 37.0 Å². The number of rotatable bonds is 9. The van der Waals surface area contributed by atoms with Gasteiger partial charge in [0.25, 0.3) is 0 Å². The SMILES string of the molecule is CCCCc1ccc(CCc2ccc3c(F)c(-c4cc(F)c(OC(F)F)c(F)c4)ccc3c2)cc1. The Kier molecular flexibility index (Phi) is 7.69. The van der Waals surface area contributed by atoms with Gasteiger partial charge in [0.05, 0.1) is 0 Å². The minimum atomic E-state index is -3.37. The summed E-state index contributed by atoms with van der Waals surface area (Å²) in [4.78, 5) is 0. The van der Waals surface area contributed by atoms with Crippen molar-refractivity contribution in [1.82, 2.24) is 0 Å². The van der Waals surface area contributed by atoms with Gasteiger partial charge in [-0.1, -0.05) is 67.9 Å². The second-order valence-corrected chi connectivity index (χ2v) is 8.55. The van der Waals surface area contributed by atoms with Gasteiger partial charge in [0.1, 0.15) is 5.82 Å². The van der Waals surface area contributed by atoms with Crippen molar-refractivity contribution in [2.24, 2.45) is 0 Å². The molecule has 0 amide bonds. The third kappa shape index (κ3) is 5.81. The van der Waals surface area contributed by atoms with Crippen LogP contribution in [-0.4, -0.2) is 6.61 Å². The van der Waals surface area contributed by atoms with Gasteiger partial charge in [0.15, 0.2) is 17.4 Å². The molecule has 0 aliphatic carbocycles. The molecular weight excluding hydrogens is 459 g/mol. The standard InChI is InChI=1S/C29H25F5O/c1-2-3-4-18-5-7-19(8-6-18)9-10-20-11-13-23-21(15-20)12-14-24(27(23)32)22-16-25(30)28(26(31)17-22)35-29(33)34/h5-8,11-17,29H,2-4,9-10H2,1H3. The molecule has 0 aliphatic rings. The molecule has 0 bridgehead atoms. The maximum Gasteiger partial charge on any atom is 0.387 e. The zero-order chi connectivity index (χ0) is 24.9. The highest BCUT2D eigenvalue weighted by molar-refractivity contribution is 5.89. The zero-order valence-electron chi connectivity index (χ0n) is 19.3. The van der Waals surface area contributed by atoms with Crippen LogP contribution in [0.3, 0.4) is 0 Å². The quantitative estimate of drug-likeness (QED) is 0.216. The van der Waals surface area contributed by atoms with E-state index in [1.807, 2.05) is 12.1 Å². The zero-order valence-corrected chi connectivity index (χ0v) is 19.3. The first-order valence-electron chi connectivity index (χ1n) is 11.6. The van der Waals surface area contributed by atoms with Crippen LogP contribution >= 0.6 is 0 Å². The Morgan fingerprint density at radius 2 is 1.31 bits per heavy atom. The second kappa shape index (κ2) is 10.9. The number of ether oxygens (including phenoxy) is 1. The molecule has 0 heterocycles. The average molecular weight is 485 g/mol. The highest BCUT2D eigenvalue weighted by Gasteiger charge is 2.19. The topological polar surface area (TPSA) is 9.23 Å². The van der Waals surface area contributed by atoms with Gasteiger partial charge in [0, 0.05) is 10.9 Å². The number of alkyl halides is 2. The Hall–Kier alpha value is -3.41. The van der Waals surface area contributed by atoms with E-state index in [2.05, 4.69) is 35.9 Å². The molecule has 0 fully saturated rings. The van der Waals surface area contributed by atoms with Crippen LogP contribution < -0.4 is 4.74 Å². The first kappa shape index (κ1) is 24.7. The van der Waals surface area contributed by atoms with Crippen LogP contribution in [0.25, 0.3) is 21.9 Å². The lowest BCUT2D eigenvalue weighted by Gasteiger charge is -2.12. The van der Waals surface area contributed by atoms with Crippen LogP contribution in [0.1, 0.15) is 36.5 Å². The fourth-order valence-corrected chi connectivity index (χ4v) is 4.18. The number of aryl methyl sites for hydroxylation is 3. The largest absolute Gasteiger partial charge is 0.429 e. The Bertz CT molecular complexity index is 1290. The Morgan fingerprint density at radius 1 is 0.714 bits per heavy atom. The van der Waals surface area contributed by atoms with E-state index in [4.69, 9.17) is 0 Å². The van der Waals surface area contributed by atoms with Gasteiger partial charge in [-0.25, -0.2) is 13.2 Å². The summed E-state index contributed by atoms with van der Waals surface area (Å²) in [5, 5.41) is 0.970. The van der Waals surface area contributed by atoms with Gasteiger partial charge in [-0.15, -0.1) is 0 Å². The predicted octanol–water partition coefficient (Wildman–Crippen LogP) is 8.65. The summed E-state index contributed by atoms with van der Waals surface area (Å²) >= 11 is 0. The Labute approximate surface area is 201 Å². The summed E-state index contributed by atoms with van der Waals surface area (Å²) in [6, 6.07) is 18.7. The molecule has 4 rings (SSSR count). The van der Waals surface area contributed by atoms with Crippen LogP contribution in [0, 0.1) is 17.5 Å². The van der Waals surface area contributed by atoms with Gasteiger partial charge in [0.2, 0.25) is 0 Å². The molecule has 0 atom stereocenters. The van der Waals surface area contributed by atoms with Crippen molar-refractivity contribution in [2.75, 3.05) is 0 Å². The lowest BCUT2D eigenvalue weighted by molar-refractivity contribution is -0.0546. The van der Waals surface area contributed by atoms with Crippen LogP contribution in [-0.2, 0) is 19.3 Å². The molecule has 0 unspecified atom stereocenters. The van der Waals surface area contributed by atoms with Gasteiger partial charge in [-0.3, -0.25) is 0 Å². The van der Waals surface area contributed by atoms with E-state index in [9.17, 15) is 17.6 Å². The van der Waals surface area contributed by atoms with Gasteiger partial charge in [-0.05, 0) is 65.5 Å². The fourth-order valence-electron chi connectivity index (χ4n) is 4.18. The van der Waals surface area contributed by atoms with Crippen LogP contribution in [0.4, 0.5) is 22.0 Å². The van der Waals surface area contributed by atoms with Gasteiger partial charge >= 0.3 is 6.61 Å². The second-order valence-electron chi connectivity index (χ2n) is 8.55. The van der Waals surface area contributed by atoms with E-state index < -0.39 is 29.8 Å². The van der Waals surface area contributed by atoms with Crippen LogP contribution in [0.2, 0.25) is 0 Å². The van der Waals surface area contributed by atoms with Crippen molar-refractivity contribution in [1.29, 1.82) is 0 Å². The molecule has 1 nitrogen and oxygen atoms in total. The monoisotopic (exact) mass is 484 g/mol. The number of halogens is 5. The number of unbranched alkanes of at least 4 members (excludes halogenated alkanes) is 1. The fraction of sp³-hybridized carbons (Fsp3) is 0.241. The molecule has 0 N–H and O–H groups in total. The normalized spacial score (nSPS) is 11.4. The smallest absolute Gasteiger partial charge is 0.387 e. The average Bonchev–Trinajstić information content (AvgIpc) is 2.84. The van der Waals surface area contributed by atoms with Crippen molar-refractivity contribution < 1.29 is 26.7 Å². The van der Waals surface area contributed by atoms with Crippen molar-refractivity contribution in [2.45, 2.75) is 45.6 Å². The number of fused-ring (bicyclic) bond motifs is 1. The molecule has 0 saturated carbocycles. The summed E-state index contributed by atoms with van der Waals surface area (Å²) in [6.45, 7) is -1.20. The maximum absolute atomic E-state index is 15.2. The predicted molar refractivity (Wildman–Crippen MR) is 128 cm³/mol. The summed E-state index contributed by atoms with van der Waals surface area (Å²) < 4.78 is 72.1. The highest BCUT2D eigenvalue weighted by Crippen LogP contribution is 2.34. The third-order valence-corrected chi connectivity index (χ3v) is 6.08. The Balaban J connectivity index is 1.53. The molecule has 0 aliphatic heterocycles. The van der Waals surface area contributed by atoms with Crippen molar-refractivity contribution in [3.05, 3.63) is 101 Å². The minimum absolute atomic E-state index is 0.0326. The Morgan fingerprint density at radius 3 is 1.94 bits per heavy atom. The number of benzene rings is 4. The summed E-state index contributed by atoms with van der Waals surface area (Å²) in [5.41, 5.74) is 3.48. The van der Waals surface area contributed by atoms with Crippen LogP contribution in [0.15, 0.2) is 66.7 Å². The molecule has 182 valence electrons. The lowest BCUT2D eigenvalue weighted by atomic mass is 9.96. The van der Waals surface area contributed by atoms with Crippen LogP contribution in [0.5, 0.6) is 5.75 Å². The molecule has 0 saturated heterocycles. The summed E-state index contributed by atoms with van der Waals surface area (Å²) in [6.07, 6.45) is 5.07. The number of hydrogen-bond acceptors (Lipinski definition) is 1.